The van der Waals surface area contributed by atoms with Crippen molar-refractivity contribution in [1.29, 1.82) is 0 Å². The highest BCUT2D eigenvalue weighted by Crippen LogP contribution is 2.20. The number of hydrogen-bond donors (Lipinski definition) is 1. The van der Waals surface area contributed by atoms with Gasteiger partial charge in [-0.2, -0.15) is 0 Å². The van der Waals surface area contributed by atoms with Gasteiger partial charge in [-0.25, -0.2) is 8.51 Å². The first-order chi connectivity index (χ1) is 7.04. The normalized spacial score (nSPS) is 17.4. The van der Waals surface area contributed by atoms with Gasteiger partial charge in [0, 0.05) is 19.3 Å². The third kappa shape index (κ3) is 3.12. The van der Waals surface area contributed by atoms with Gasteiger partial charge in [-0.3, -0.25) is 0 Å². The SMILES string of the molecule is C[C@@H]([C@H](O)c1ccccc1)N(C)S(C)=O. The molecule has 0 aliphatic heterocycles. The van der Waals surface area contributed by atoms with Crippen LogP contribution in [-0.2, 0) is 11.0 Å². The zero-order valence-electron chi connectivity index (χ0n) is 9.25. The fraction of sp³-hybridized carbons (Fsp3) is 0.455. The quantitative estimate of drug-likeness (QED) is 0.843. The number of hydrogen-bond acceptors (Lipinski definition) is 2. The molecule has 1 aromatic rings. The minimum Gasteiger partial charge on any atom is -0.387 e. The van der Waals surface area contributed by atoms with E-state index in [1.54, 1.807) is 17.6 Å². The molecule has 84 valence electrons. The van der Waals surface area contributed by atoms with Crippen LogP contribution in [-0.4, -0.2) is 33.0 Å². The van der Waals surface area contributed by atoms with E-state index in [1.165, 1.54) is 0 Å². The van der Waals surface area contributed by atoms with Crippen LogP contribution in [0.3, 0.4) is 0 Å². The van der Waals surface area contributed by atoms with Crippen molar-refractivity contribution in [3.8, 4) is 0 Å². The molecule has 4 heteroatoms. The summed E-state index contributed by atoms with van der Waals surface area (Å²) in [7, 11) is 0.682. The van der Waals surface area contributed by atoms with Crippen molar-refractivity contribution in [1.82, 2.24) is 4.31 Å². The molecule has 1 rings (SSSR count). The van der Waals surface area contributed by atoms with Crippen LogP contribution in [0.4, 0.5) is 0 Å². The van der Waals surface area contributed by atoms with Crippen LogP contribution < -0.4 is 0 Å². The molecule has 0 saturated heterocycles. The van der Waals surface area contributed by atoms with E-state index in [0.717, 1.165) is 5.56 Å². The van der Waals surface area contributed by atoms with Gasteiger partial charge in [0.25, 0.3) is 0 Å². The third-order valence-corrected chi connectivity index (χ3v) is 3.72. The molecule has 0 amide bonds. The predicted molar refractivity (Wildman–Crippen MR) is 62.7 cm³/mol. The summed E-state index contributed by atoms with van der Waals surface area (Å²) in [6.07, 6.45) is 0.994. The van der Waals surface area contributed by atoms with Gasteiger partial charge in [-0.15, -0.1) is 0 Å². The molecule has 0 heterocycles. The van der Waals surface area contributed by atoms with E-state index >= 15 is 0 Å². The maximum atomic E-state index is 11.2. The molecule has 1 aromatic carbocycles. The molecule has 0 radical (unpaired) electrons. The topological polar surface area (TPSA) is 40.5 Å². The maximum absolute atomic E-state index is 11.2. The number of likely N-dealkylation sites (N-methyl/N-ethyl adjacent to an activating group) is 1. The number of nitrogens with zero attached hydrogens (tertiary/aromatic N) is 1. The van der Waals surface area contributed by atoms with Crippen LogP contribution in [0, 0.1) is 0 Å². The van der Waals surface area contributed by atoms with Crippen molar-refractivity contribution < 1.29 is 9.32 Å². The summed E-state index contributed by atoms with van der Waals surface area (Å²) in [5.74, 6) is 0. The molecular formula is C11H17NO2S. The molecule has 1 unspecified atom stereocenters. The lowest BCUT2D eigenvalue weighted by Crippen LogP contribution is -2.35. The van der Waals surface area contributed by atoms with Gasteiger partial charge in [0.2, 0.25) is 0 Å². The number of aliphatic hydroxyl groups is 1. The first kappa shape index (κ1) is 12.4. The Morgan fingerprint density at radius 2 is 1.87 bits per heavy atom. The van der Waals surface area contributed by atoms with E-state index in [9.17, 15) is 9.32 Å². The molecular weight excluding hydrogens is 210 g/mol. The standard InChI is InChI=1S/C11H17NO2S/c1-9(12(2)15(3)14)11(13)10-7-5-4-6-8-10/h4-9,11,13H,1-3H3/t9-,11-,15?/m0/s1. The summed E-state index contributed by atoms with van der Waals surface area (Å²) < 4.78 is 12.9. The Morgan fingerprint density at radius 3 is 2.33 bits per heavy atom. The van der Waals surface area contributed by atoms with E-state index in [4.69, 9.17) is 0 Å². The number of rotatable bonds is 4. The van der Waals surface area contributed by atoms with E-state index in [-0.39, 0.29) is 6.04 Å². The van der Waals surface area contributed by atoms with Crippen LogP contribution >= 0.6 is 0 Å². The Hall–Kier alpha value is -0.710. The molecule has 0 aliphatic carbocycles. The van der Waals surface area contributed by atoms with Gasteiger partial charge in [0.15, 0.2) is 0 Å². The molecule has 3 nitrogen and oxygen atoms in total. The molecule has 0 fully saturated rings. The average molecular weight is 227 g/mol. The van der Waals surface area contributed by atoms with Crippen molar-refractivity contribution in [3.63, 3.8) is 0 Å². The second-order valence-electron chi connectivity index (χ2n) is 3.57. The summed E-state index contributed by atoms with van der Waals surface area (Å²) in [5.41, 5.74) is 0.849. The first-order valence-corrected chi connectivity index (χ1v) is 6.35. The monoisotopic (exact) mass is 227 g/mol. The Morgan fingerprint density at radius 1 is 1.33 bits per heavy atom. The van der Waals surface area contributed by atoms with Crippen LogP contribution in [0.25, 0.3) is 0 Å². The minimum atomic E-state index is -1.06. The van der Waals surface area contributed by atoms with Crippen LogP contribution in [0.1, 0.15) is 18.6 Å². The first-order valence-electron chi connectivity index (χ1n) is 4.83. The maximum Gasteiger partial charge on any atom is 0.0952 e. The average Bonchev–Trinajstić information content (AvgIpc) is 2.27. The summed E-state index contributed by atoms with van der Waals surface area (Å²) in [4.78, 5) is 0. The highest BCUT2D eigenvalue weighted by molar-refractivity contribution is 7.81. The van der Waals surface area contributed by atoms with Gasteiger partial charge in [0.1, 0.15) is 0 Å². The fourth-order valence-electron chi connectivity index (χ4n) is 1.36. The Balaban J connectivity index is 2.77. The minimum absolute atomic E-state index is 0.168. The third-order valence-electron chi connectivity index (χ3n) is 2.58. The predicted octanol–water partition coefficient (Wildman–Crippen LogP) is 1.33. The molecule has 3 atom stereocenters. The van der Waals surface area contributed by atoms with Crippen molar-refractivity contribution in [2.24, 2.45) is 0 Å². The zero-order chi connectivity index (χ0) is 11.4. The molecule has 0 aliphatic rings. The van der Waals surface area contributed by atoms with E-state index in [2.05, 4.69) is 0 Å². The Labute approximate surface area is 93.3 Å². The molecule has 1 N–H and O–H groups in total. The van der Waals surface area contributed by atoms with E-state index < -0.39 is 17.1 Å². The van der Waals surface area contributed by atoms with Gasteiger partial charge < -0.3 is 5.11 Å². The molecule has 0 bridgehead atoms. The van der Waals surface area contributed by atoms with Gasteiger partial charge in [0.05, 0.1) is 17.1 Å². The summed E-state index contributed by atoms with van der Waals surface area (Å²) in [5, 5.41) is 10.0. The Kier molecular flexibility index (Phi) is 4.45. The largest absolute Gasteiger partial charge is 0.387 e. The lowest BCUT2D eigenvalue weighted by molar-refractivity contribution is 0.110. The highest BCUT2D eigenvalue weighted by Gasteiger charge is 2.21. The summed E-state index contributed by atoms with van der Waals surface area (Å²) in [6, 6.07) is 9.24. The summed E-state index contributed by atoms with van der Waals surface area (Å²) in [6.45, 7) is 1.86. The van der Waals surface area contributed by atoms with Gasteiger partial charge >= 0.3 is 0 Å². The fourth-order valence-corrected chi connectivity index (χ4v) is 1.95. The summed E-state index contributed by atoms with van der Waals surface area (Å²) >= 11 is 0. The second kappa shape index (κ2) is 5.39. The molecule has 0 aromatic heterocycles. The highest BCUT2D eigenvalue weighted by atomic mass is 32.2. The Bertz CT molecular complexity index is 329. The van der Waals surface area contributed by atoms with Crippen molar-refractivity contribution in [3.05, 3.63) is 35.9 Å². The van der Waals surface area contributed by atoms with Gasteiger partial charge in [-0.05, 0) is 12.5 Å². The van der Waals surface area contributed by atoms with E-state index in [1.807, 2.05) is 37.3 Å². The van der Waals surface area contributed by atoms with Crippen LogP contribution in [0.2, 0.25) is 0 Å². The number of benzene rings is 1. The van der Waals surface area contributed by atoms with Crippen molar-refractivity contribution >= 4 is 11.0 Å². The molecule has 0 spiro atoms. The van der Waals surface area contributed by atoms with Crippen molar-refractivity contribution in [2.75, 3.05) is 13.3 Å². The molecule has 0 saturated carbocycles. The number of aliphatic hydroxyl groups excluding tert-OH is 1. The zero-order valence-corrected chi connectivity index (χ0v) is 10.1. The molecule has 15 heavy (non-hydrogen) atoms. The van der Waals surface area contributed by atoms with Gasteiger partial charge in [-0.1, -0.05) is 30.3 Å². The van der Waals surface area contributed by atoms with E-state index in [0.29, 0.717) is 0 Å². The smallest absolute Gasteiger partial charge is 0.0952 e. The van der Waals surface area contributed by atoms with Crippen LogP contribution in [0.5, 0.6) is 0 Å². The van der Waals surface area contributed by atoms with Crippen molar-refractivity contribution in [2.45, 2.75) is 19.1 Å². The van der Waals surface area contributed by atoms with Crippen LogP contribution in [0.15, 0.2) is 30.3 Å². The lowest BCUT2D eigenvalue weighted by Gasteiger charge is -2.26. The second-order valence-corrected chi connectivity index (χ2v) is 4.99. The lowest BCUT2D eigenvalue weighted by atomic mass is 10.0.